The summed E-state index contributed by atoms with van der Waals surface area (Å²) in [5.41, 5.74) is -0.0693. The quantitative estimate of drug-likeness (QED) is 0.739. The number of amides is 1. The Bertz CT molecular complexity index is 257. The van der Waals surface area contributed by atoms with Crippen molar-refractivity contribution in [1.29, 1.82) is 0 Å². The smallest absolute Gasteiger partial charge is 0.226 e. The molecule has 2 saturated carbocycles. The molecule has 1 unspecified atom stereocenters. The maximum absolute atomic E-state index is 12.2. The summed E-state index contributed by atoms with van der Waals surface area (Å²) in [5, 5.41) is 3.22. The third kappa shape index (κ3) is 2.53. The molecule has 2 aliphatic carbocycles. The van der Waals surface area contributed by atoms with Crippen molar-refractivity contribution in [3.63, 3.8) is 0 Å². The molecule has 1 amide bonds. The first-order chi connectivity index (χ1) is 7.68. The summed E-state index contributed by atoms with van der Waals surface area (Å²) in [6.45, 7) is 2.79. The van der Waals surface area contributed by atoms with Crippen LogP contribution in [0.15, 0.2) is 0 Å². The lowest BCUT2D eigenvalue weighted by Crippen LogP contribution is -2.41. The van der Waals surface area contributed by atoms with Crippen LogP contribution < -0.4 is 5.32 Å². The molecular formula is C13H22ClNO. The molecule has 2 fully saturated rings. The van der Waals surface area contributed by atoms with Gasteiger partial charge in [0, 0.05) is 12.0 Å². The Kier molecular flexibility index (Phi) is 3.78. The highest BCUT2D eigenvalue weighted by Crippen LogP contribution is 2.41. The predicted molar refractivity (Wildman–Crippen MR) is 66.6 cm³/mol. The van der Waals surface area contributed by atoms with E-state index in [1.807, 2.05) is 0 Å². The van der Waals surface area contributed by atoms with Crippen LogP contribution in [0.3, 0.4) is 0 Å². The molecule has 16 heavy (non-hydrogen) atoms. The highest BCUT2D eigenvalue weighted by Gasteiger charge is 2.39. The van der Waals surface area contributed by atoms with Gasteiger partial charge in [0.1, 0.15) is 0 Å². The molecule has 0 aromatic heterocycles. The summed E-state index contributed by atoms with van der Waals surface area (Å²) in [4.78, 5) is 12.2. The van der Waals surface area contributed by atoms with Gasteiger partial charge in [-0.2, -0.15) is 0 Å². The number of halogens is 1. The second-order valence-corrected chi connectivity index (χ2v) is 5.97. The van der Waals surface area contributed by atoms with Gasteiger partial charge in [-0.25, -0.2) is 0 Å². The molecule has 92 valence electrons. The van der Waals surface area contributed by atoms with E-state index in [-0.39, 0.29) is 16.7 Å². The fraction of sp³-hybridized carbons (Fsp3) is 0.923. The van der Waals surface area contributed by atoms with Crippen LogP contribution >= 0.6 is 11.6 Å². The SMILES string of the molecule is CCC1(C(=O)NCC(Cl)C2CC2)CCCC1. The van der Waals surface area contributed by atoms with Gasteiger partial charge in [0.05, 0.1) is 5.38 Å². The van der Waals surface area contributed by atoms with Crippen molar-refractivity contribution in [3.05, 3.63) is 0 Å². The topological polar surface area (TPSA) is 29.1 Å². The van der Waals surface area contributed by atoms with Crippen molar-refractivity contribution >= 4 is 17.5 Å². The van der Waals surface area contributed by atoms with E-state index in [0.29, 0.717) is 12.5 Å². The minimum atomic E-state index is -0.0693. The monoisotopic (exact) mass is 243 g/mol. The van der Waals surface area contributed by atoms with Crippen molar-refractivity contribution < 1.29 is 4.79 Å². The van der Waals surface area contributed by atoms with Gasteiger partial charge in [-0.05, 0) is 38.0 Å². The Balaban J connectivity index is 1.81. The number of hydrogen-bond acceptors (Lipinski definition) is 1. The number of carbonyl (C=O) groups is 1. The molecule has 0 bridgehead atoms. The van der Waals surface area contributed by atoms with E-state index in [9.17, 15) is 4.79 Å². The second kappa shape index (κ2) is 4.95. The fourth-order valence-corrected chi connectivity index (χ4v) is 3.12. The third-order valence-corrected chi connectivity index (χ3v) is 4.82. The second-order valence-electron chi connectivity index (χ2n) is 5.40. The summed E-state index contributed by atoms with van der Waals surface area (Å²) in [6.07, 6.45) is 7.97. The molecule has 0 heterocycles. The van der Waals surface area contributed by atoms with E-state index in [4.69, 9.17) is 11.6 Å². The van der Waals surface area contributed by atoms with E-state index in [1.165, 1.54) is 25.7 Å². The average molecular weight is 244 g/mol. The van der Waals surface area contributed by atoms with Crippen molar-refractivity contribution in [2.45, 2.75) is 57.2 Å². The zero-order valence-electron chi connectivity index (χ0n) is 10.1. The van der Waals surface area contributed by atoms with Crippen LogP contribution in [0.1, 0.15) is 51.9 Å². The normalized spacial score (nSPS) is 25.4. The lowest BCUT2D eigenvalue weighted by molar-refractivity contribution is -0.131. The molecule has 1 atom stereocenters. The van der Waals surface area contributed by atoms with Gasteiger partial charge < -0.3 is 5.32 Å². The molecular weight excluding hydrogens is 222 g/mol. The van der Waals surface area contributed by atoms with Crippen LogP contribution in [0.5, 0.6) is 0 Å². The molecule has 0 radical (unpaired) electrons. The van der Waals surface area contributed by atoms with Gasteiger partial charge >= 0.3 is 0 Å². The molecule has 0 aromatic rings. The summed E-state index contributed by atoms with van der Waals surface area (Å²) in [5.74, 6) is 0.905. The van der Waals surface area contributed by atoms with Crippen molar-refractivity contribution in [3.8, 4) is 0 Å². The molecule has 2 nitrogen and oxygen atoms in total. The molecule has 2 aliphatic rings. The van der Waals surface area contributed by atoms with Crippen LogP contribution in [0.25, 0.3) is 0 Å². The molecule has 3 heteroatoms. The molecule has 0 aromatic carbocycles. The van der Waals surface area contributed by atoms with E-state index >= 15 is 0 Å². The Hall–Kier alpha value is -0.240. The van der Waals surface area contributed by atoms with Crippen LogP contribution in [-0.2, 0) is 4.79 Å². The number of carbonyl (C=O) groups excluding carboxylic acids is 1. The van der Waals surface area contributed by atoms with Crippen LogP contribution in [0, 0.1) is 11.3 Å². The van der Waals surface area contributed by atoms with Gasteiger partial charge in [-0.15, -0.1) is 11.6 Å². The standard InChI is InChI=1S/C13H22ClNO/c1-2-13(7-3-4-8-13)12(16)15-9-11(14)10-5-6-10/h10-11H,2-9H2,1H3,(H,15,16). The van der Waals surface area contributed by atoms with Crippen LogP contribution in [0.4, 0.5) is 0 Å². The molecule has 0 spiro atoms. The first-order valence-electron chi connectivity index (χ1n) is 6.60. The van der Waals surface area contributed by atoms with Crippen molar-refractivity contribution in [2.24, 2.45) is 11.3 Å². The van der Waals surface area contributed by atoms with E-state index < -0.39 is 0 Å². The Labute approximate surface area is 103 Å². The summed E-state index contributed by atoms with van der Waals surface area (Å²) in [7, 11) is 0. The van der Waals surface area contributed by atoms with Crippen LogP contribution in [0.2, 0.25) is 0 Å². The summed E-state index contributed by atoms with van der Waals surface area (Å²) in [6, 6.07) is 0. The van der Waals surface area contributed by atoms with Crippen molar-refractivity contribution in [2.75, 3.05) is 6.54 Å². The van der Waals surface area contributed by atoms with Gasteiger partial charge in [0.2, 0.25) is 5.91 Å². The summed E-state index contributed by atoms with van der Waals surface area (Å²) < 4.78 is 0. The highest BCUT2D eigenvalue weighted by atomic mass is 35.5. The van der Waals surface area contributed by atoms with Gasteiger partial charge in [-0.1, -0.05) is 19.8 Å². The third-order valence-electron chi connectivity index (χ3n) is 4.31. The van der Waals surface area contributed by atoms with Gasteiger partial charge in [0.25, 0.3) is 0 Å². The number of hydrogen-bond donors (Lipinski definition) is 1. The minimum Gasteiger partial charge on any atom is -0.354 e. The van der Waals surface area contributed by atoms with E-state index in [0.717, 1.165) is 19.3 Å². The zero-order valence-corrected chi connectivity index (χ0v) is 10.9. The largest absolute Gasteiger partial charge is 0.354 e. The lowest BCUT2D eigenvalue weighted by Gasteiger charge is -2.26. The number of nitrogens with one attached hydrogen (secondary N) is 1. The Morgan fingerprint density at radius 3 is 2.56 bits per heavy atom. The Morgan fingerprint density at radius 1 is 1.44 bits per heavy atom. The maximum Gasteiger partial charge on any atom is 0.226 e. The minimum absolute atomic E-state index is 0.0693. The molecule has 2 rings (SSSR count). The van der Waals surface area contributed by atoms with E-state index in [1.54, 1.807) is 0 Å². The maximum atomic E-state index is 12.2. The van der Waals surface area contributed by atoms with Gasteiger partial charge in [0.15, 0.2) is 0 Å². The Morgan fingerprint density at radius 2 is 2.06 bits per heavy atom. The van der Waals surface area contributed by atoms with Crippen molar-refractivity contribution in [1.82, 2.24) is 5.32 Å². The number of rotatable bonds is 5. The lowest BCUT2D eigenvalue weighted by atomic mass is 9.82. The van der Waals surface area contributed by atoms with Crippen LogP contribution in [-0.4, -0.2) is 17.8 Å². The fourth-order valence-electron chi connectivity index (χ4n) is 2.80. The molecule has 0 saturated heterocycles. The summed E-state index contributed by atoms with van der Waals surface area (Å²) >= 11 is 6.20. The highest BCUT2D eigenvalue weighted by molar-refractivity contribution is 6.21. The van der Waals surface area contributed by atoms with Gasteiger partial charge in [-0.3, -0.25) is 4.79 Å². The number of alkyl halides is 1. The molecule has 0 aliphatic heterocycles. The van der Waals surface area contributed by atoms with E-state index in [2.05, 4.69) is 12.2 Å². The molecule has 1 N–H and O–H groups in total. The first kappa shape index (κ1) is 12.2. The zero-order chi connectivity index (χ0) is 11.6. The first-order valence-corrected chi connectivity index (χ1v) is 7.04. The average Bonchev–Trinajstić information content (AvgIpc) is 3.04. The predicted octanol–water partition coefficient (Wildman–Crippen LogP) is 3.09.